The molecule has 0 fully saturated rings. The fourth-order valence-corrected chi connectivity index (χ4v) is 1.45. The van der Waals surface area contributed by atoms with E-state index in [4.69, 9.17) is 4.74 Å². The summed E-state index contributed by atoms with van der Waals surface area (Å²) in [4.78, 5) is 21.7. The Labute approximate surface area is 103 Å². The van der Waals surface area contributed by atoms with Gasteiger partial charge in [-0.15, -0.1) is 0 Å². The van der Waals surface area contributed by atoms with Gasteiger partial charge in [0.25, 0.3) is 0 Å². The number of hydrogen-bond donors (Lipinski definition) is 0. The Morgan fingerprint density at radius 2 is 1.67 bits per heavy atom. The van der Waals surface area contributed by atoms with Crippen molar-refractivity contribution in [3.63, 3.8) is 0 Å². The molecule has 0 aromatic carbocycles. The Morgan fingerprint density at radius 1 is 1.27 bits per heavy atom. The Balaban J connectivity index is 4.55. The van der Waals surface area contributed by atoms with Gasteiger partial charge in [-0.25, -0.2) is 0 Å². The Hall–Kier alpha value is -0.200. The van der Waals surface area contributed by atoms with Crippen LogP contribution < -0.4 is 0 Å². The van der Waals surface area contributed by atoms with Gasteiger partial charge in [-0.3, -0.25) is 9.59 Å². The summed E-state index contributed by atoms with van der Waals surface area (Å²) in [5, 5.41) is 0. The minimum Gasteiger partial charge on any atom is -0.458 e. The third-order valence-corrected chi connectivity index (χ3v) is 3.65. The van der Waals surface area contributed by atoms with Crippen molar-refractivity contribution in [3.05, 3.63) is 0 Å². The summed E-state index contributed by atoms with van der Waals surface area (Å²) >= 11 is 1.45. The lowest BCUT2D eigenvalue weighted by molar-refractivity contribution is -0.162. The molecule has 88 valence electrons. The molecule has 0 aliphatic rings. The molecule has 15 heavy (non-hydrogen) atoms. The van der Waals surface area contributed by atoms with Gasteiger partial charge >= 0.3 is 12.0 Å². The average Bonchev–Trinajstić information content (AvgIpc) is 2.24. The molecule has 0 amide bonds. The lowest BCUT2D eigenvalue weighted by Gasteiger charge is -2.30. The number of hydrogen-bond acceptors (Lipinski definition) is 3. The van der Waals surface area contributed by atoms with Crippen LogP contribution in [0.4, 0.5) is 4.39 Å². The molecule has 0 aliphatic heterocycles. The number of carbonyl (C=O) groups is 2. The van der Waals surface area contributed by atoms with Crippen LogP contribution in [0.15, 0.2) is 0 Å². The monoisotopic (exact) mass is 330 g/mol. The zero-order valence-electron chi connectivity index (χ0n) is 9.18. The van der Waals surface area contributed by atoms with E-state index in [0.29, 0.717) is 19.3 Å². The molecular formula is C10H16FIO3. The highest BCUT2D eigenvalue weighted by molar-refractivity contribution is 14.1. The molecule has 0 spiro atoms. The number of rotatable bonds is 6. The lowest BCUT2D eigenvalue weighted by Crippen LogP contribution is -2.37. The standard InChI is InChI=1S/C10H16FIO3/c1-4-10(5-2,6-3)15-9(14)7(12)8(11)13/h7H,4-6H2,1-3H3. The van der Waals surface area contributed by atoms with E-state index < -0.39 is 21.5 Å². The molecule has 0 radical (unpaired) electrons. The van der Waals surface area contributed by atoms with Crippen LogP contribution in [-0.2, 0) is 14.3 Å². The zero-order valence-corrected chi connectivity index (χ0v) is 11.3. The van der Waals surface area contributed by atoms with E-state index in [2.05, 4.69) is 0 Å². The highest BCUT2D eigenvalue weighted by Crippen LogP contribution is 2.26. The largest absolute Gasteiger partial charge is 0.458 e. The van der Waals surface area contributed by atoms with Gasteiger partial charge in [-0.05, 0) is 19.3 Å². The SMILES string of the molecule is CCC(CC)(CC)OC(=O)C(I)C(=O)F. The number of halogens is 2. The van der Waals surface area contributed by atoms with Crippen molar-refractivity contribution >= 4 is 34.6 Å². The molecule has 0 heterocycles. The molecule has 5 heteroatoms. The normalized spacial score (nSPS) is 13.4. The molecule has 0 N–H and O–H groups in total. The van der Waals surface area contributed by atoms with Crippen LogP contribution >= 0.6 is 22.6 Å². The lowest BCUT2D eigenvalue weighted by atomic mass is 9.94. The van der Waals surface area contributed by atoms with Gasteiger partial charge in [0.15, 0.2) is 3.92 Å². The second-order valence-corrected chi connectivity index (χ2v) is 4.58. The van der Waals surface area contributed by atoms with Gasteiger partial charge < -0.3 is 4.74 Å². The van der Waals surface area contributed by atoms with E-state index in [1.807, 2.05) is 20.8 Å². The van der Waals surface area contributed by atoms with Crippen molar-refractivity contribution in [1.29, 1.82) is 0 Å². The van der Waals surface area contributed by atoms with Gasteiger partial charge in [0, 0.05) is 0 Å². The first-order chi connectivity index (χ1) is 6.92. The van der Waals surface area contributed by atoms with Gasteiger partial charge in [-0.1, -0.05) is 43.4 Å². The van der Waals surface area contributed by atoms with Crippen molar-refractivity contribution in [2.75, 3.05) is 0 Å². The average molecular weight is 330 g/mol. The first-order valence-electron chi connectivity index (χ1n) is 4.98. The van der Waals surface area contributed by atoms with Gasteiger partial charge in [0.1, 0.15) is 5.60 Å². The Bertz CT molecular complexity index is 231. The van der Waals surface area contributed by atoms with Crippen molar-refractivity contribution in [2.24, 2.45) is 0 Å². The number of carbonyl (C=O) groups excluding carboxylic acids is 2. The maximum absolute atomic E-state index is 12.3. The topological polar surface area (TPSA) is 43.4 Å². The second-order valence-electron chi connectivity index (χ2n) is 3.33. The molecule has 0 saturated carbocycles. The van der Waals surface area contributed by atoms with Crippen LogP contribution in [-0.4, -0.2) is 21.5 Å². The van der Waals surface area contributed by atoms with Crippen LogP contribution in [0.3, 0.4) is 0 Å². The predicted molar refractivity (Wildman–Crippen MR) is 63.6 cm³/mol. The van der Waals surface area contributed by atoms with Crippen molar-refractivity contribution in [1.82, 2.24) is 0 Å². The summed E-state index contributed by atoms with van der Waals surface area (Å²) in [6, 6.07) is -1.65. The van der Waals surface area contributed by atoms with E-state index in [0.717, 1.165) is 0 Å². The third-order valence-electron chi connectivity index (χ3n) is 2.66. The maximum atomic E-state index is 12.3. The van der Waals surface area contributed by atoms with Crippen molar-refractivity contribution in [2.45, 2.75) is 49.6 Å². The van der Waals surface area contributed by atoms with Crippen LogP contribution in [0.25, 0.3) is 0 Å². The number of esters is 1. The summed E-state index contributed by atoms with van der Waals surface area (Å²) in [6.45, 7) is 5.71. The fourth-order valence-electron chi connectivity index (χ4n) is 1.32. The van der Waals surface area contributed by atoms with Crippen LogP contribution in [0.1, 0.15) is 40.0 Å². The minimum atomic E-state index is -1.65. The van der Waals surface area contributed by atoms with Crippen LogP contribution in [0.2, 0.25) is 0 Å². The summed E-state index contributed by atoms with van der Waals surface area (Å²) < 4.78 is 16.1. The van der Waals surface area contributed by atoms with E-state index >= 15 is 0 Å². The molecule has 1 atom stereocenters. The Morgan fingerprint density at radius 3 is 1.93 bits per heavy atom. The van der Waals surface area contributed by atoms with E-state index in [9.17, 15) is 14.0 Å². The van der Waals surface area contributed by atoms with Gasteiger partial charge in [0.05, 0.1) is 0 Å². The highest BCUT2D eigenvalue weighted by atomic mass is 127. The quantitative estimate of drug-likeness (QED) is 0.247. The van der Waals surface area contributed by atoms with Gasteiger partial charge in [0.2, 0.25) is 0 Å². The van der Waals surface area contributed by atoms with E-state index in [1.165, 1.54) is 22.6 Å². The molecule has 0 aromatic heterocycles. The smallest absolute Gasteiger partial charge is 0.330 e. The summed E-state index contributed by atoms with van der Waals surface area (Å²) in [6.07, 6.45) is 1.99. The Kier molecular flexibility index (Phi) is 6.31. The highest BCUT2D eigenvalue weighted by Gasteiger charge is 2.33. The van der Waals surface area contributed by atoms with Crippen molar-refractivity contribution < 1.29 is 18.7 Å². The van der Waals surface area contributed by atoms with Gasteiger partial charge in [-0.2, -0.15) is 4.39 Å². The summed E-state index contributed by atoms with van der Waals surface area (Å²) in [7, 11) is 0. The molecule has 0 rings (SSSR count). The number of ether oxygens (including phenoxy) is 1. The first-order valence-corrected chi connectivity index (χ1v) is 6.23. The molecule has 3 nitrogen and oxygen atoms in total. The third kappa shape index (κ3) is 4.04. The minimum absolute atomic E-state index is 0.560. The van der Waals surface area contributed by atoms with Crippen molar-refractivity contribution in [3.8, 4) is 0 Å². The molecule has 1 unspecified atom stereocenters. The first kappa shape index (κ1) is 14.8. The number of alkyl halides is 1. The zero-order chi connectivity index (χ0) is 12.1. The molecule has 0 aliphatic carbocycles. The predicted octanol–water partition coefficient (Wildman–Crippen LogP) is 2.80. The van der Waals surface area contributed by atoms with E-state index in [1.54, 1.807) is 0 Å². The van der Waals surface area contributed by atoms with E-state index in [-0.39, 0.29) is 0 Å². The van der Waals surface area contributed by atoms with Crippen LogP contribution in [0, 0.1) is 0 Å². The molecule has 0 bridgehead atoms. The molecular weight excluding hydrogens is 314 g/mol. The summed E-state index contributed by atoms with van der Waals surface area (Å²) in [5.74, 6) is -0.784. The fraction of sp³-hybridized carbons (Fsp3) is 0.800. The molecule has 0 aromatic rings. The summed E-state index contributed by atoms with van der Waals surface area (Å²) in [5.41, 5.74) is -0.560. The maximum Gasteiger partial charge on any atom is 0.330 e. The second kappa shape index (κ2) is 6.40. The van der Waals surface area contributed by atoms with Crippen LogP contribution in [0.5, 0.6) is 0 Å². The molecule has 0 saturated heterocycles.